The molecule has 6 heteroatoms. The smallest absolute Gasteiger partial charge is 0.280 e. The van der Waals surface area contributed by atoms with Crippen LogP contribution in [0.15, 0.2) is 0 Å². The van der Waals surface area contributed by atoms with Crippen molar-refractivity contribution in [1.29, 1.82) is 0 Å². The molecule has 0 aliphatic carbocycles. The van der Waals surface area contributed by atoms with Gasteiger partial charge in [0.05, 0.1) is 0 Å². The molecule has 62 valence electrons. The van der Waals surface area contributed by atoms with Gasteiger partial charge in [0.15, 0.2) is 0 Å². The van der Waals surface area contributed by atoms with Crippen LogP contribution < -0.4 is 11.5 Å². The summed E-state index contributed by atoms with van der Waals surface area (Å²) in [4.78, 5) is 0. The van der Waals surface area contributed by atoms with E-state index in [0.717, 1.165) is 0 Å². The lowest BCUT2D eigenvalue weighted by atomic mass is 10.3. The van der Waals surface area contributed by atoms with Crippen molar-refractivity contribution in [2.75, 3.05) is 6.54 Å². The summed E-state index contributed by atoms with van der Waals surface area (Å²) in [6.07, 6.45) is 0.705. The maximum absolute atomic E-state index is 10.2. The second-order valence-corrected chi connectivity index (χ2v) is 3.62. The van der Waals surface area contributed by atoms with Crippen LogP contribution in [0.1, 0.15) is 12.8 Å². The number of rotatable bonds is 4. The summed E-state index contributed by atoms with van der Waals surface area (Å²) < 4.78 is 28.8. The van der Waals surface area contributed by atoms with E-state index in [0.29, 0.717) is 13.0 Å². The SMILES string of the molecule is NCCCC(N)S(=O)(=O)O. The Hall–Kier alpha value is -0.170. The maximum Gasteiger partial charge on any atom is 0.280 e. The second kappa shape index (κ2) is 3.87. The first kappa shape index (κ1) is 9.83. The predicted molar refractivity (Wildman–Crippen MR) is 37.8 cm³/mol. The highest BCUT2D eigenvalue weighted by Crippen LogP contribution is 1.98. The first-order chi connectivity index (χ1) is 4.48. The van der Waals surface area contributed by atoms with Crippen LogP contribution in [-0.4, -0.2) is 24.9 Å². The number of nitrogens with two attached hydrogens (primary N) is 2. The molecule has 0 rings (SSSR count). The summed E-state index contributed by atoms with van der Waals surface area (Å²) in [6.45, 7) is 0.378. The average molecular weight is 168 g/mol. The molecule has 0 radical (unpaired) electrons. The van der Waals surface area contributed by atoms with Crippen LogP contribution in [0, 0.1) is 0 Å². The van der Waals surface area contributed by atoms with E-state index in [2.05, 4.69) is 0 Å². The molecule has 0 spiro atoms. The minimum Gasteiger partial charge on any atom is -0.330 e. The standard InChI is InChI=1S/C4H12N2O3S/c5-3-1-2-4(6)10(7,8)9/h4H,1-3,5-6H2,(H,7,8,9). The van der Waals surface area contributed by atoms with Gasteiger partial charge >= 0.3 is 0 Å². The summed E-state index contributed by atoms with van der Waals surface area (Å²) in [5.74, 6) is 0. The molecule has 0 saturated heterocycles. The molecule has 0 aliphatic rings. The molecule has 5 nitrogen and oxygen atoms in total. The molecule has 0 saturated carbocycles. The summed E-state index contributed by atoms with van der Waals surface area (Å²) in [5.41, 5.74) is 10.1. The molecule has 0 bridgehead atoms. The summed E-state index contributed by atoms with van der Waals surface area (Å²) in [6, 6.07) is 0. The van der Waals surface area contributed by atoms with Gasteiger partial charge in [0, 0.05) is 0 Å². The highest BCUT2D eigenvalue weighted by atomic mass is 32.2. The fourth-order valence-electron chi connectivity index (χ4n) is 0.468. The van der Waals surface area contributed by atoms with Crippen molar-refractivity contribution >= 4 is 10.1 Å². The molecule has 0 aromatic rings. The van der Waals surface area contributed by atoms with Crippen LogP contribution in [-0.2, 0) is 10.1 Å². The van der Waals surface area contributed by atoms with E-state index in [-0.39, 0.29) is 6.42 Å². The van der Waals surface area contributed by atoms with Crippen LogP contribution in [0.4, 0.5) is 0 Å². The predicted octanol–water partition coefficient (Wildman–Crippen LogP) is -1.10. The Morgan fingerprint density at radius 3 is 2.30 bits per heavy atom. The van der Waals surface area contributed by atoms with Gasteiger partial charge in [-0.25, -0.2) is 0 Å². The van der Waals surface area contributed by atoms with Gasteiger partial charge in [0.2, 0.25) is 0 Å². The van der Waals surface area contributed by atoms with E-state index >= 15 is 0 Å². The van der Waals surface area contributed by atoms with Gasteiger partial charge < -0.3 is 11.5 Å². The summed E-state index contributed by atoms with van der Waals surface area (Å²) >= 11 is 0. The molecule has 10 heavy (non-hydrogen) atoms. The van der Waals surface area contributed by atoms with Crippen molar-refractivity contribution in [3.05, 3.63) is 0 Å². The minimum absolute atomic E-state index is 0.204. The molecular formula is C4H12N2O3S. The zero-order valence-corrected chi connectivity index (χ0v) is 6.34. The van der Waals surface area contributed by atoms with Gasteiger partial charge in [-0.15, -0.1) is 0 Å². The van der Waals surface area contributed by atoms with E-state index in [1.165, 1.54) is 0 Å². The Morgan fingerprint density at radius 1 is 1.50 bits per heavy atom. The quantitative estimate of drug-likeness (QED) is 0.462. The lowest BCUT2D eigenvalue weighted by Crippen LogP contribution is -2.30. The van der Waals surface area contributed by atoms with E-state index in [9.17, 15) is 8.42 Å². The minimum atomic E-state index is -4.05. The van der Waals surface area contributed by atoms with Gasteiger partial charge in [-0.3, -0.25) is 4.55 Å². The van der Waals surface area contributed by atoms with Gasteiger partial charge in [-0.1, -0.05) is 0 Å². The lowest BCUT2D eigenvalue weighted by molar-refractivity contribution is 0.461. The molecule has 1 atom stereocenters. The molecule has 0 amide bonds. The van der Waals surface area contributed by atoms with Crippen molar-refractivity contribution in [3.63, 3.8) is 0 Å². The molecule has 5 N–H and O–H groups in total. The van der Waals surface area contributed by atoms with Crippen molar-refractivity contribution in [2.24, 2.45) is 11.5 Å². The molecule has 1 unspecified atom stereocenters. The lowest BCUT2D eigenvalue weighted by Gasteiger charge is -2.05. The monoisotopic (exact) mass is 168 g/mol. The van der Waals surface area contributed by atoms with E-state index < -0.39 is 15.5 Å². The topological polar surface area (TPSA) is 106 Å². The third-order valence-electron chi connectivity index (χ3n) is 1.08. The van der Waals surface area contributed by atoms with E-state index in [1.54, 1.807) is 0 Å². The van der Waals surface area contributed by atoms with Gasteiger partial charge in [0.25, 0.3) is 10.1 Å². The molecule has 0 aromatic heterocycles. The van der Waals surface area contributed by atoms with Crippen molar-refractivity contribution in [2.45, 2.75) is 18.2 Å². The molecule has 0 aliphatic heterocycles. The highest BCUT2D eigenvalue weighted by Gasteiger charge is 2.15. The normalized spacial score (nSPS) is 15.1. The van der Waals surface area contributed by atoms with E-state index in [4.69, 9.17) is 16.0 Å². The Labute approximate surface area is 60.1 Å². The van der Waals surface area contributed by atoms with E-state index in [1.807, 2.05) is 0 Å². The van der Waals surface area contributed by atoms with Crippen molar-refractivity contribution in [1.82, 2.24) is 0 Å². The van der Waals surface area contributed by atoms with Crippen LogP contribution in [0.3, 0.4) is 0 Å². The Balaban J connectivity index is 3.75. The number of hydrogen-bond donors (Lipinski definition) is 3. The molecular weight excluding hydrogens is 156 g/mol. The van der Waals surface area contributed by atoms with Crippen LogP contribution in [0.5, 0.6) is 0 Å². The second-order valence-electron chi connectivity index (χ2n) is 1.98. The third kappa shape index (κ3) is 3.78. The molecule has 0 fully saturated rings. The average Bonchev–Trinajstić information content (AvgIpc) is 1.80. The fourth-order valence-corrected chi connectivity index (χ4v) is 0.932. The number of hydrogen-bond acceptors (Lipinski definition) is 4. The summed E-state index contributed by atoms with van der Waals surface area (Å²) in [5, 5.41) is -1.18. The molecule has 0 heterocycles. The van der Waals surface area contributed by atoms with Gasteiger partial charge in [0.1, 0.15) is 5.37 Å². The molecule has 0 aromatic carbocycles. The highest BCUT2D eigenvalue weighted by molar-refractivity contribution is 7.86. The maximum atomic E-state index is 10.2. The van der Waals surface area contributed by atoms with Crippen LogP contribution in [0.2, 0.25) is 0 Å². The van der Waals surface area contributed by atoms with Crippen molar-refractivity contribution < 1.29 is 13.0 Å². The van der Waals surface area contributed by atoms with Crippen molar-refractivity contribution in [3.8, 4) is 0 Å². The zero-order chi connectivity index (χ0) is 8.20. The first-order valence-corrected chi connectivity index (χ1v) is 4.40. The zero-order valence-electron chi connectivity index (χ0n) is 5.53. The van der Waals surface area contributed by atoms with Gasteiger partial charge in [-0.2, -0.15) is 8.42 Å². The first-order valence-electron chi connectivity index (χ1n) is 2.90. The van der Waals surface area contributed by atoms with Crippen LogP contribution >= 0.6 is 0 Å². The Bertz CT molecular complexity index is 177. The fraction of sp³-hybridized carbons (Fsp3) is 1.00. The summed E-state index contributed by atoms with van der Waals surface area (Å²) in [7, 11) is -4.05. The largest absolute Gasteiger partial charge is 0.330 e. The third-order valence-corrected chi connectivity index (χ3v) is 2.08. The van der Waals surface area contributed by atoms with Crippen LogP contribution in [0.25, 0.3) is 0 Å². The Morgan fingerprint density at radius 2 is 2.00 bits per heavy atom. The van der Waals surface area contributed by atoms with Gasteiger partial charge in [-0.05, 0) is 19.4 Å². The Kier molecular flexibility index (Phi) is 3.80.